The van der Waals surface area contributed by atoms with E-state index in [1.807, 2.05) is 0 Å². The number of rotatable bonds is 6. The highest BCUT2D eigenvalue weighted by molar-refractivity contribution is 6.29. The van der Waals surface area contributed by atoms with Crippen molar-refractivity contribution in [2.45, 2.75) is 6.42 Å². The summed E-state index contributed by atoms with van der Waals surface area (Å²) in [5.74, 6) is -1.58. The van der Waals surface area contributed by atoms with Gasteiger partial charge in [0.15, 0.2) is 28.9 Å². The minimum absolute atomic E-state index is 0.0141. The number of anilines is 1. The quantitative estimate of drug-likeness (QED) is 0.447. The maximum atomic E-state index is 14.9. The molecule has 0 atom stereocenters. The molecule has 0 fully saturated rings. The number of halogens is 2. The lowest BCUT2D eigenvalue weighted by Crippen LogP contribution is -2.11. The van der Waals surface area contributed by atoms with E-state index >= 15 is 0 Å². The number of furan rings is 1. The zero-order valence-corrected chi connectivity index (χ0v) is 14.9. The van der Waals surface area contributed by atoms with E-state index < -0.39 is 11.8 Å². The van der Waals surface area contributed by atoms with Crippen molar-refractivity contribution in [2.75, 3.05) is 11.9 Å². The number of carboxylic acid groups (broad SMARTS) is 1. The number of nitrogens with one attached hydrogen (secondary N) is 2. The summed E-state index contributed by atoms with van der Waals surface area (Å²) in [4.78, 5) is 30.5. The first-order valence-corrected chi connectivity index (χ1v) is 8.48. The predicted octanol–water partition coefficient (Wildman–Crippen LogP) is 3.35. The summed E-state index contributed by atoms with van der Waals surface area (Å²) in [5, 5.41) is 11.7. The number of fused-ring (bicyclic) bond motifs is 1. The highest BCUT2D eigenvalue weighted by atomic mass is 35.5. The molecule has 0 saturated heterocycles. The molecule has 0 spiro atoms. The average Bonchev–Trinajstić information content (AvgIpc) is 3.32. The standard InChI is InChI=1S/C17H12ClFN6O3/c18-10-7-22-17-13(23-10)8(6-21-17)15-24-14(9-2-1-5-28-9)12(19)16(25-15)20-4-3-11(26)27/h1-2,5-7H,3-4H2,(H,21,22)(H,26,27)(H,20,24,25). The maximum Gasteiger partial charge on any atom is 0.305 e. The van der Waals surface area contributed by atoms with Crippen molar-refractivity contribution in [1.82, 2.24) is 24.9 Å². The molecule has 9 nitrogen and oxygen atoms in total. The van der Waals surface area contributed by atoms with E-state index in [2.05, 4.69) is 30.2 Å². The van der Waals surface area contributed by atoms with Gasteiger partial charge >= 0.3 is 5.97 Å². The second kappa shape index (κ2) is 7.24. The molecule has 0 aliphatic heterocycles. The molecule has 0 amide bonds. The van der Waals surface area contributed by atoms with E-state index in [9.17, 15) is 9.18 Å². The van der Waals surface area contributed by atoms with Crippen molar-refractivity contribution in [1.29, 1.82) is 0 Å². The highest BCUT2D eigenvalue weighted by Crippen LogP contribution is 2.31. The van der Waals surface area contributed by atoms with Crippen LogP contribution in [0.3, 0.4) is 0 Å². The summed E-state index contributed by atoms with van der Waals surface area (Å²) >= 11 is 5.93. The van der Waals surface area contributed by atoms with Gasteiger partial charge in [-0.25, -0.2) is 24.3 Å². The van der Waals surface area contributed by atoms with Gasteiger partial charge in [-0.2, -0.15) is 0 Å². The van der Waals surface area contributed by atoms with Gasteiger partial charge in [0.2, 0.25) is 0 Å². The molecule has 4 heterocycles. The van der Waals surface area contributed by atoms with E-state index in [4.69, 9.17) is 21.1 Å². The lowest BCUT2D eigenvalue weighted by Gasteiger charge is -2.10. The van der Waals surface area contributed by atoms with Crippen molar-refractivity contribution in [3.8, 4) is 22.8 Å². The lowest BCUT2D eigenvalue weighted by atomic mass is 10.2. The van der Waals surface area contributed by atoms with Gasteiger partial charge in [-0.1, -0.05) is 11.6 Å². The summed E-state index contributed by atoms with van der Waals surface area (Å²) in [6, 6.07) is 3.16. The van der Waals surface area contributed by atoms with Gasteiger partial charge in [0.05, 0.1) is 24.4 Å². The third-order valence-corrected chi connectivity index (χ3v) is 4.01. The Kier molecular flexibility index (Phi) is 4.62. The summed E-state index contributed by atoms with van der Waals surface area (Å²) < 4.78 is 20.2. The molecule has 4 aromatic rings. The molecule has 11 heteroatoms. The Morgan fingerprint density at radius 3 is 2.96 bits per heavy atom. The third-order valence-electron chi connectivity index (χ3n) is 3.83. The van der Waals surface area contributed by atoms with Crippen LogP contribution < -0.4 is 5.32 Å². The SMILES string of the molecule is O=C(O)CCNc1nc(-c2c[nH]c3ncc(Cl)nc23)nc(-c2ccco2)c1F. The third kappa shape index (κ3) is 3.37. The number of hydrogen-bond acceptors (Lipinski definition) is 7. The minimum Gasteiger partial charge on any atom is -0.481 e. The van der Waals surface area contributed by atoms with Crippen molar-refractivity contribution < 1.29 is 18.7 Å². The molecule has 0 saturated carbocycles. The first kappa shape index (κ1) is 17.9. The number of nitrogens with zero attached hydrogens (tertiary/aromatic N) is 4. The van der Waals surface area contributed by atoms with Crippen LogP contribution in [0.4, 0.5) is 10.2 Å². The van der Waals surface area contributed by atoms with Gasteiger partial charge in [0.25, 0.3) is 0 Å². The summed E-state index contributed by atoms with van der Waals surface area (Å²) in [7, 11) is 0. The van der Waals surface area contributed by atoms with Crippen LogP contribution in [0.5, 0.6) is 0 Å². The lowest BCUT2D eigenvalue weighted by molar-refractivity contribution is -0.136. The number of aromatic nitrogens is 5. The zero-order valence-electron chi connectivity index (χ0n) is 14.1. The fourth-order valence-electron chi connectivity index (χ4n) is 2.59. The van der Waals surface area contributed by atoms with Gasteiger partial charge in [-0.05, 0) is 12.1 Å². The summed E-state index contributed by atoms with van der Waals surface area (Å²) in [5.41, 5.74) is 1.27. The molecular formula is C17H12ClFN6O3. The number of H-pyrrole nitrogens is 1. The predicted molar refractivity (Wildman–Crippen MR) is 98.3 cm³/mol. The van der Waals surface area contributed by atoms with Crippen LogP contribution in [0.15, 0.2) is 35.2 Å². The largest absolute Gasteiger partial charge is 0.481 e. The van der Waals surface area contributed by atoms with E-state index in [1.54, 1.807) is 18.3 Å². The van der Waals surface area contributed by atoms with Crippen LogP contribution in [0, 0.1) is 5.82 Å². The molecule has 0 aromatic carbocycles. The number of aliphatic carboxylic acids is 1. The van der Waals surface area contributed by atoms with Crippen LogP contribution in [-0.4, -0.2) is 42.5 Å². The molecule has 28 heavy (non-hydrogen) atoms. The maximum absolute atomic E-state index is 14.9. The normalized spacial score (nSPS) is 11.1. The molecule has 0 unspecified atom stereocenters. The Morgan fingerprint density at radius 1 is 1.36 bits per heavy atom. The number of hydrogen-bond donors (Lipinski definition) is 3. The van der Waals surface area contributed by atoms with Crippen LogP contribution in [-0.2, 0) is 4.79 Å². The molecular weight excluding hydrogens is 391 g/mol. The van der Waals surface area contributed by atoms with Crippen molar-refractivity contribution >= 4 is 34.6 Å². The molecule has 0 aliphatic rings. The fourth-order valence-corrected chi connectivity index (χ4v) is 2.72. The molecule has 0 radical (unpaired) electrons. The Hall–Kier alpha value is -3.53. The average molecular weight is 403 g/mol. The second-order valence-electron chi connectivity index (χ2n) is 5.70. The number of carboxylic acids is 1. The topological polar surface area (TPSA) is 130 Å². The van der Waals surface area contributed by atoms with Crippen molar-refractivity contribution in [3.05, 3.63) is 41.8 Å². The Labute approximate surface area is 161 Å². The molecule has 4 rings (SSSR count). The van der Waals surface area contributed by atoms with E-state index in [0.717, 1.165) is 0 Å². The second-order valence-corrected chi connectivity index (χ2v) is 6.09. The van der Waals surface area contributed by atoms with Crippen molar-refractivity contribution in [3.63, 3.8) is 0 Å². The van der Waals surface area contributed by atoms with Crippen molar-refractivity contribution in [2.24, 2.45) is 0 Å². The van der Waals surface area contributed by atoms with Gasteiger partial charge in [-0.15, -0.1) is 0 Å². The summed E-state index contributed by atoms with van der Waals surface area (Å²) in [6.07, 6.45) is 4.16. The first-order chi connectivity index (χ1) is 13.5. The zero-order chi connectivity index (χ0) is 19.7. The van der Waals surface area contributed by atoms with E-state index in [1.165, 1.54) is 12.5 Å². The van der Waals surface area contributed by atoms with Gasteiger partial charge in [-0.3, -0.25) is 4.79 Å². The minimum atomic E-state index is -1.02. The van der Waals surface area contributed by atoms with Crippen LogP contribution >= 0.6 is 11.6 Å². The fraction of sp³-hybridized carbons (Fsp3) is 0.118. The Morgan fingerprint density at radius 2 is 2.21 bits per heavy atom. The monoisotopic (exact) mass is 402 g/mol. The first-order valence-electron chi connectivity index (χ1n) is 8.10. The number of carbonyl (C=O) groups is 1. The van der Waals surface area contributed by atoms with E-state index in [-0.39, 0.29) is 41.2 Å². The highest BCUT2D eigenvalue weighted by Gasteiger charge is 2.21. The molecule has 4 aromatic heterocycles. The van der Waals surface area contributed by atoms with Gasteiger partial charge < -0.3 is 19.8 Å². The Balaban J connectivity index is 1.85. The Bertz CT molecular complexity index is 1160. The van der Waals surface area contributed by atoms with E-state index in [0.29, 0.717) is 16.7 Å². The van der Waals surface area contributed by atoms with Crippen LogP contribution in [0.1, 0.15) is 6.42 Å². The van der Waals surface area contributed by atoms with Crippen LogP contribution in [0.2, 0.25) is 5.15 Å². The molecule has 3 N–H and O–H groups in total. The molecule has 0 bridgehead atoms. The number of aromatic amines is 1. The van der Waals surface area contributed by atoms with Gasteiger partial charge in [0, 0.05) is 12.7 Å². The van der Waals surface area contributed by atoms with Gasteiger partial charge in [0.1, 0.15) is 16.4 Å². The smallest absolute Gasteiger partial charge is 0.305 e. The molecule has 0 aliphatic carbocycles. The molecule has 142 valence electrons. The van der Waals surface area contributed by atoms with Crippen LogP contribution in [0.25, 0.3) is 34.0 Å². The summed E-state index contributed by atoms with van der Waals surface area (Å²) in [6.45, 7) is -0.0141.